The SMILES string of the molecule is COc1ccc(/C=C\C(=O)c2ccccc2OCc2ccccc2)c(OC)c1. The number of allylic oxidation sites excluding steroid dienone is 1. The summed E-state index contributed by atoms with van der Waals surface area (Å²) < 4.78 is 16.4. The normalized spacial score (nSPS) is 10.6. The van der Waals surface area contributed by atoms with Crippen LogP contribution in [0.3, 0.4) is 0 Å². The second-order valence-electron chi connectivity index (χ2n) is 6.08. The molecule has 0 aromatic heterocycles. The molecule has 3 aromatic carbocycles. The van der Waals surface area contributed by atoms with E-state index < -0.39 is 0 Å². The summed E-state index contributed by atoms with van der Waals surface area (Å²) in [6, 6.07) is 22.5. The molecule has 4 nitrogen and oxygen atoms in total. The molecule has 0 fully saturated rings. The van der Waals surface area contributed by atoms with E-state index in [-0.39, 0.29) is 5.78 Å². The van der Waals surface area contributed by atoms with Gasteiger partial charge in [0.05, 0.1) is 19.8 Å². The number of ether oxygens (including phenoxy) is 3. The Hall–Kier alpha value is -3.53. The summed E-state index contributed by atoms with van der Waals surface area (Å²) in [4.78, 5) is 12.7. The molecule has 0 atom stereocenters. The van der Waals surface area contributed by atoms with Crippen LogP contribution >= 0.6 is 0 Å². The first-order chi connectivity index (χ1) is 13.7. The number of methoxy groups -OCH3 is 2. The zero-order chi connectivity index (χ0) is 19.8. The van der Waals surface area contributed by atoms with E-state index >= 15 is 0 Å². The Labute approximate surface area is 165 Å². The van der Waals surface area contributed by atoms with Gasteiger partial charge >= 0.3 is 0 Å². The molecule has 0 N–H and O–H groups in total. The van der Waals surface area contributed by atoms with Crippen LogP contribution in [0, 0.1) is 0 Å². The molecule has 0 radical (unpaired) electrons. The van der Waals surface area contributed by atoms with Crippen molar-refractivity contribution in [2.24, 2.45) is 0 Å². The third-order valence-electron chi connectivity index (χ3n) is 4.24. The van der Waals surface area contributed by atoms with E-state index in [1.165, 1.54) is 6.08 Å². The smallest absolute Gasteiger partial charge is 0.189 e. The average molecular weight is 374 g/mol. The van der Waals surface area contributed by atoms with E-state index in [2.05, 4.69) is 0 Å². The molecule has 0 unspecified atom stereocenters. The Morgan fingerprint density at radius 2 is 1.61 bits per heavy atom. The highest BCUT2D eigenvalue weighted by molar-refractivity contribution is 6.08. The molecule has 0 aliphatic carbocycles. The van der Waals surface area contributed by atoms with Crippen LogP contribution in [-0.2, 0) is 6.61 Å². The van der Waals surface area contributed by atoms with Crippen LogP contribution in [0.4, 0.5) is 0 Å². The Morgan fingerprint density at radius 3 is 2.36 bits per heavy atom. The number of carbonyl (C=O) groups excluding carboxylic acids is 1. The van der Waals surface area contributed by atoms with Gasteiger partial charge in [0.15, 0.2) is 5.78 Å². The van der Waals surface area contributed by atoms with Gasteiger partial charge in [0.2, 0.25) is 0 Å². The molecule has 0 aliphatic rings. The average Bonchev–Trinajstić information content (AvgIpc) is 2.76. The molecule has 0 amide bonds. The fraction of sp³-hybridized carbons (Fsp3) is 0.125. The first-order valence-corrected chi connectivity index (χ1v) is 8.91. The fourth-order valence-electron chi connectivity index (χ4n) is 2.74. The van der Waals surface area contributed by atoms with Crippen molar-refractivity contribution < 1.29 is 19.0 Å². The van der Waals surface area contributed by atoms with Gasteiger partial charge in [-0.2, -0.15) is 0 Å². The van der Waals surface area contributed by atoms with Gasteiger partial charge in [-0.05, 0) is 42.0 Å². The van der Waals surface area contributed by atoms with Crippen molar-refractivity contribution in [3.8, 4) is 17.2 Å². The molecule has 0 saturated heterocycles. The third-order valence-corrected chi connectivity index (χ3v) is 4.24. The van der Waals surface area contributed by atoms with E-state index in [4.69, 9.17) is 14.2 Å². The van der Waals surface area contributed by atoms with E-state index in [0.717, 1.165) is 11.1 Å². The van der Waals surface area contributed by atoms with E-state index in [9.17, 15) is 4.79 Å². The summed E-state index contributed by atoms with van der Waals surface area (Å²) in [7, 11) is 3.18. The van der Waals surface area contributed by atoms with Crippen LogP contribution in [0.2, 0.25) is 0 Å². The molecule has 0 aliphatic heterocycles. The second kappa shape index (κ2) is 9.42. The zero-order valence-electron chi connectivity index (χ0n) is 15.9. The number of benzene rings is 3. The Bertz CT molecular complexity index is 961. The van der Waals surface area contributed by atoms with Gasteiger partial charge in [-0.1, -0.05) is 42.5 Å². The van der Waals surface area contributed by atoms with Gasteiger partial charge in [-0.25, -0.2) is 0 Å². The van der Waals surface area contributed by atoms with Crippen molar-refractivity contribution in [1.29, 1.82) is 0 Å². The molecule has 28 heavy (non-hydrogen) atoms. The van der Waals surface area contributed by atoms with Crippen molar-refractivity contribution >= 4 is 11.9 Å². The number of carbonyl (C=O) groups is 1. The summed E-state index contributed by atoms with van der Waals surface area (Å²) in [6.45, 7) is 0.404. The lowest BCUT2D eigenvalue weighted by atomic mass is 10.1. The van der Waals surface area contributed by atoms with E-state index in [0.29, 0.717) is 29.4 Å². The van der Waals surface area contributed by atoms with Gasteiger partial charge in [0.25, 0.3) is 0 Å². The van der Waals surface area contributed by atoms with Gasteiger partial charge < -0.3 is 14.2 Å². The highest BCUT2D eigenvalue weighted by Gasteiger charge is 2.10. The number of para-hydroxylation sites is 1. The summed E-state index contributed by atoms with van der Waals surface area (Å²) in [5.41, 5.74) is 2.35. The maximum Gasteiger partial charge on any atom is 0.189 e. The largest absolute Gasteiger partial charge is 0.497 e. The first-order valence-electron chi connectivity index (χ1n) is 8.91. The molecule has 0 bridgehead atoms. The highest BCUT2D eigenvalue weighted by atomic mass is 16.5. The van der Waals surface area contributed by atoms with Crippen LogP contribution < -0.4 is 14.2 Å². The van der Waals surface area contributed by atoms with Crippen LogP contribution in [-0.4, -0.2) is 20.0 Å². The Kier molecular flexibility index (Phi) is 6.47. The lowest BCUT2D eigenvalue weighted by molar-refractivity contribution is 0.104. The minimum Gasteiger partial charge on any atom is -0.497 e. The molecule has 3 aromatic rings. The van der Waals surface area contributed by atoms with E-state index in [1.807, 2.05) is 54.6 Å². The standard InChI is InChI=1S/C24H22O4/c1-26-20-14-12-19(24(16-20)27-2)13-15-22(25)21-10-6-7-11-23(21)28-17-18-8-4-3-5-9-18/h3-16H,17H2,1-2H3/b15-13-. The molecule has 4 heteroatoms. The molecule has 142 valence electrons. The maximum atomic E-state index is 12.7. The fourth-order valence-corrected chi connectivity index (χ4v) is 2.74. The maximum absolute atomic E-state index is 12.7. The van der Waals surface area contributed by atoms with Crippen LogP contribution in [0.15, 0.2) is 78.9 Å². The van der Waals surface area contributed by atoms with E-state index in [1.54, 1.807) is 38.5 Å². The number of hydrogen-bond acceptors (Lipinski definition) is 4. The van der Waals surface area contributed by atoms with Gasteiger partial charge in [-0.3, -0.25) is 4.79 Å². The van der Waals surface area contributed by atoms with Crippen molar-refractivity contribution in [3.05, 3.63) is 95.6 Å². The summed E-state index contributed by atoms with van der Waals surface area (Å²) in [5.74, 6) is 1.75. The topological polar surface area (TPSA) is 44.8 Å². The van der Waals surface area contributed by atoms with Crippen LogP contribution in [0.5, 0.6) is 17.2 Å². The third kappa shape index (κ3) is 4.80. The lowest BCUT2D eigenvalue weighted by Gasteiger charge is -2.10. The van der Waals surface area contributed by atoms with Crippen molar-refractivity contribution in [3.63, 3.8) is 0 Å². The molecule has 0 saturated carbocycles. The van der Waals surface area contributed by atoms with Gasteiger partial charge in [-0.15, -0.1) is 0 Å². The summed E-state index contributed by atoms with van der Waals surface area (Å²) >= 11 is 0. The van der Waals surface area contributed by atoms with Crippen molar-refractivity contribution in [2.45, 2.75) is 6.61 Å². The number of hydrogen-bond donors (Lipinski definition) is 0. The molecule has 0 spiro atoms. The molecule has 3 rings (SSSR count). The zero-order valence-corrected chi connectivity index (χ0v) is 15.9. The van der Waals surface area contributed by atoms with Crippen LogP contribution in [0.25, 0.3) is 6.08 Å². The highest BCUT2D eigenvalue weighted by Crippen LogP contribution is 2.26. The minimum atomic E-state index is -0.137. The molecular weight excluding hydrogens is 352 g/mol. The quantitative estimate of drug-likeness (QED) is 0.403. The Balaban J connectivity index is 1.77. The van der Waals surface area contributed by atoms with Crippen LogP contribution in [0.1, 0.15) is 21.5 Å². The first kappa shape index (κ1) is 19.2. The predicted molar refractivity (Wildman–Crippen MR) is 110 cm³/mol. The second-order valence-corrected chi connectivity index (χ2v) is 6.08. The summed E-state index contributed by atoms with van der Waals surface area (Å²) in [6.07, 6.45) is 3.25. The lowest BCUT2D eigenvalue weighted by Crippen LogP contribution is -2.02. The summed E-state index contributed by atoms with van der Waals surface area (Å²) in [5, 5.41) is 0. The van der Waals surface area contributed by atoms with Crippen molar-refractivity contribution in [1.82, 2.24) is 0 Å². The number of ketones is 1. The number of rotatable bonds is 8. The van der Waals surface area contributed by atoms with Crippen molar-refractivity contribution in [2.75, 3.05) is 14.2 Å². The molecule has 0 heterocycles. The monoisotopic (exact) mass is 374 g/mol. The minimum absolute atomic E-state index is 0.137. The van der Waals surface area contributed by atoms with Gasteiger partial charge in [0.1, 0.15) is 23.9 Å². The Morgan fingerprint density at radius 1 is 0.857 bits per heavy atom. The predicted octanol–water partition coefficient (Wildman–Crippen LogP) is 5.18. The molecular formula is C24H22O4. The van der Waals surface area contributed by atoms with Gasteiger partial charge in [0, 0.05) is 11.6 Å².